The molecular weight excluding hydrogens is 594 g/mol. The second-order valence-corrected chi connectivity index (χ2v) is 14.5. The van der Waals surface area contributed by atoms with Crippen molar-refractivity contribution in [3.05, 3.63) is 0 Å². The molecule has 1 aromatic heterocycles. The smallest absolute Gasteiger partial charge is 0.444 e. The van der Waals surface area contributed by atoms with E-state index in [1.54, 1.807) is 83.1 Å². The monoisotopic (exact) mass is 641 g/mol. The summed E-state index contributed by atoms with van der Waals surface area (Å²) in [4.78, 5) is 63.2. The lowest BCUT2D eigenvalue weighted by Crippen LogP contribution is -2.61. The minimum atomic E-state index is -1.66. The zero-order valence-electron chi connectivity index (χ0n) is 28.3. The van der Waals surface area contributed by atoms with Crippen LogP contribution in [0.2, 0.25) is 0 Å². The number of carbonyl (C=O) groups excluding carboxylic acids is 4. The van der Waals surface area contributed by atoms with Crippen molar-refractivity contribution in [3.63, 3.8) is 0 Å². The number of amides is 3. The van der Waals surface area contributed by atoms with E-state index in [2.05, 4.69) is 15.3 Å². The molecule has 0 unspecified atom stereocenters. The van der Waals surface area contributed by atoms with Crippen LogP contribution in [0.3, 0.4) is 0 Å². The zero-order valence-corrected chi connectivity index (χ0v) is 28.3. The number of nitrogens with zero attached hydrogens (tertiary/aromatic N) is 4. The topological polar surface area (TPSA) is 199 Å². The summed E-state index contributed by atoms with van der Waals surface area (Å²) in [5.74, 6) is -1.49. The third kappa shape index (κ3) is 11.2. The highest BCUT2D eigenvalue weighted by atomic mass is 16.7. The third-order valence-electron chi connectivity index (χ3n) is 5.31. The van der Waals surface area contributed by atoms with Crippen molar-refractivity contribution >= 4 is 41.9 Å². The van der Waals surface area contributed by atoms with Gasteiger partial charge in [-0.1, -0.05) is 0 Å². The highest BCUT2D eigenvalue weighted by molar-refractivity contribution is 6.02. The van der Waals surface area contributed by atoms with Gasteiger partial charge in [0.15, 0.2) is 11.5 Å². The molecule has 0 spiro atoms. The number of aromatic nitrogens is 2. The number of aliphatic hydroxyl groups excluding tert-OH is 2. The van der Waals surface area contributed by atoms with Gasteiger partial charge in [0.05, 0.1) is 18.7 Å². The third-order valence-corrected chi connectivity index (χ3v) is 5.31. The molecule has 45 heavy (non-hydrogen) atoms. The van der Waals surface area contributed by atoms with Gasteiger partial charge in [-0.3, -0.25) is 15.1 Å². The van der Waals surface area contributed by atoms with Crippen molar-refractivity contribution in [1.29, 1.82) is 0 Å². The summed E-state index contributed by atoms with van der Waals surface area (Å²) in [5.41, 5.74) is -4.38. The molecule has 1 aliphatic rings. The molecule has 16 nitrogen and oxygen atoms in total. The highest BCUT2D eigenvalue weighted by Crippen LogP contribution is 2.44. The number of hydrogen-bond donors (Lipinski definition) is 3. The van der Waals surface area contributed by atoms with Crippen LogP contribution in [-0.2, 0) is 18.9 Å². The quantitative estimate of drug-likeness (QED) is 0.301. The molecule has 3 amide bonds. The Bertz CT molecular complexity index is 1270. The molecular formula is C29H47N5O11. The van der Waals surface area contributed by atoms with Crippen LogP contribution in [0.25, 0.3) is 0 Å². The van der Waals surface area contributed by atoms with Gasteiger partial charge in [0.1, 0.15) is 28.5 Å². The Kier molecular flexibility index (Phi) is 10.9. The van der Waals surface area contributed by atoms with Crippen LogP contribution in [0, 0.1) is 0 Å². The molecule has 0 saturated heterocycles. The number of rotatable bonds is 4. The summed E-state index contributed by atoms with van der Waals surface area (Å²) >= 11 is 0. The van der Waals surface area contributed by atoms with E-state index in [0.29, 0.717) is 0 Å². The SMILES string of the molecule is C[C@H](O)[C@H](O)[C@H]1CN(C(=O)OC(C)(C)C)c2nc(NC(=O)OC(C)(C)C)nc(OC(=O)OC(C)(C)C)c2N1C(=O)OC(C)(C)C. The Morgan fingerprint density at radius 3 is 1.73 bits per heavy atom. The summed E-state index contributed by atoms with van der Waals surface area (Å²) in [6.07, 6.45) is -7.33. The van der Waals surface area contributed by atoms with E-state index >= 15 is 0 Å². The molecule has 16 heteroatoms. The maximum atomic E-state index is 13.8. The lowest BCUT2D eigenvalue weighted by molar-refractivity contribution is 0.00646. The fraction of sp³-hybridized carbons (Fsp3) is 0.724. The maximum absolute atomic E-state index is 13.8. The lowest BCUT2D eigenvalue weighted by Gasteiger charge is -2.44. The van der Waals surface area contributed by atoms with Crippen molar-refractivity contribution in [3.8, 4) is 5.88 Å². The Hall–Kier alpha value is -3.92. The van der Waals surface area contributed by atoms with Gasteiger partial charge in [-0.05, 0) is 90.0 Å². The molecule has 2 heterocycles. The van der Waals surface area contributed by atoms with E-state index in [4.69, 9.17) is 23.7 Å². The van der Waals surface area contributed by atoms with Crippen LogP contribution >= 0.6 is 0 Å². The molecule has 0 saturated carbocycles. The molecule has 3 N–H and O–H groups in total. The summed E-state index contributed by atoms with van der Waals surface area (Å²) in [6.45, 7) is 20.2. The van der Waals surface area contributed by atoms with E-state index in [1.165, 1.54) is 6.92 Å². The Morgan fingerprint density at radius 2 is 1.27 bits per heavy atom. The van der Waals surface area contributed by atoms with Gasteiger partial charge in [0, 0.05) is 0 Å². The van der Waals surface area contributed by atoms with Crippen LogP contribution in [0.5, 0.6) is 5.88 Å². The van der Waals surface area contributed by atoms with Gasteiger partial charge >= 0.3 is 24.4 Å². The van der Waals surface area contributed by atoms with Crippen molar-refractivity contribution < 1.29 is 53.1 Å². The number of aliphatic hydroxyl groups is 2. The van der Waals surface area contributed by atoms with Crippen molar-refractivity contribution in [2.45, 2.75) is 131 Å². The van der Waals surface area contributed by atoms with Crippen LogP contribution in [-0.4, -0.2) is 91.8 Å². The van der Waals surface area contributed by atoms with E-state index < -0.39 is 89.1 Å². The van der Waals surface area contributed by atoms with Crippen molar-refractivity contribution in [1.82, 2.24) is 9.97 Å². The van der Waals surface area contributed by atoms with Gasteiger partial charge in [-0.25, -0.2) is 19.2 Å². The first-order valence-electron chi connectivity index (χ1n) is 14.4. The molecule has 0 radical (unpaired) electrons. The Labute approximate surface area is 263 Å². The standard InChI is InChI=1S/C29H47N5O11/c1-15(35)18(36)16-14-33(23(38)43-27(5,6)7)19-17(34(16)24(39)44-28(8,9)10)20(41-25(40)45-29(11,12)13)31-21(30-19)32-22(37)42-26(2,3)4/h15-16,18,35-36H,14H2,1-13H3,(H,30,31,32,37)/t15-,16+,18-/m0/s1. The molecule has 2 rings (SSSR count). The number of hydrogen-bond acceptors (Lipinski definition) is 13. The van der Waals surface area contributed by atoms with E-state index in [0.717, 1.165) is 9.80 Å². The van der Waals surface area contributed by atoms with Gasteiger partial charge in [-0.2, -0.15) is 9.97 Å². The van der Waals surface area contributed by atoms with Crippen molar-refractivity contribution in [2.75, 3.05) is 21.7 Å². The summed E-state index contributed by atoms with van der Waals surface area (Å²) in [7, 11) is 0. The number of nitrogens with one attached hydrogen (secondary N) is 1. The van der Waals surface area contributed by atoms with Gasteiger partial charge < -0.3 is 33.9 Å². The van der Waals surface area contributed by atoms with Crippen LogP contribution in [0.1, 0.15) is 90.0 Å². The largest absolute Gasteiger partial charge is 0.515 e. The fourth-order valence-corrected chi connectivity index (χ4v) is 3.81. The first-order valence-corrected chi connectivity index (χ1v) is 14.4. The van der Waals surface area contributed by atoms with Crippen molar-refractivity contribution in [2.24, 2.45) is 0 Å². The Morgan fingerprint density at radius 1 is 0.778 bits per heavy atom. The first-order chi connectivity index (χ1) is 20.2. The fourth-order valence-electron chi connectivity index (χ4n) is 3.81. The van der Waals surface area contributed by atoms with Crippen LogP contribution in [0.15, 0.2) is 0 Å². The summed E-state index contributed by atoms with van der Waals surface area (Å²) in [6, 6.07) is -1.39. The average Bonchev–Trinajstić information content (AvgIpc) is 2.77. The molecule has 1 aliphatic heterocycles. The number of fused-ring (bicyclic) bond motifs is 1. The summed E-state index contributed by atoms with van der Waals surface area (Å²) < 4.78 is 27.2. The number of ether oxygens (including phenoxy) is 5. The lowest BCUT2D eigenvalue weighted by atomic mass is 10.0. The average molecular weight is 642 g/mol. The maximum Gasteiger partial charge on any atom is 0.515 e. The zero-order chi connectivity index (χ0) is 34.9. The van der Waals surface area contributed by atoms with Gasteiger partial charge in [-0.15, -0.1) is 0 Å². The second-order valence-electron chi connectivity index (χ2n) is 14.5. The molecule has 0 fully saturated rings. The predicted octanol–water partition coefficient (Wildman–Crippen LogP) is 4.74. The summed E-state index contributed by atoms with van der Waals surface area (Å²) in [5, 5.41) is 23.8. The normalized spacial score (nSPS) is 17.0. The molecule has 3 atom stereocenters. The Balaban J connectivity index is 2.95. The van der Waals surface area contributed by atoms with E-state index in [-0.39, 0.29) is 5.82 Å². The number of anilines is 3. The number of carbonyl (C=O) groups is 4. The van der Waals surface area contributed by atoms with Gasteiger partial charge in [0.25, 0.3) is 5.88 Å². The molecule has 0 bridgehead atoms. The van der Waals surface area contributed by atoms with E-state index in [1.807, 2.05) is 0 Å². The molecule has 0 aliphatic carbocycles. The second kappa shape index (κ2) is 13.2. The van der Waals surface area contributed by atoms with Gasteiger partial charge in [0.2, 0.25) is 5.95 Å². The molecule has 0 aromatic carbocycles. The molecule has 254 valence electrons. The van der Waals surface area contributed by atoms with E-state index in [9.17, 15) is 29.4 Å². The minimum absolute atomic E-state index is 0.358. The van der Waals surface area contributed by atoms with Crippen LogP contribution < -0.4 is 19.9 Å². The predicted molar refractivity (Wildman–Crippen MR) is 163 cm³/mol. The minimum Gasteiger partial charge on any atom is -0.444 e. The van der Waals surface area contributed by atoms with Crippen LogP contribution in [0.4, 0.5) is 36.6 Å². The molecule has 1 aromatic rings. The first kappa shape index (κ1) is 37.3. The highest BCUT2D eigenvalue weighted by Gasteiger charge is 2.48.